The van der Waals surface area contributed by atoms with Crippen LogP contribution in [-0.4, -0.2) is 10.1 Å². The van der Waals surface area contributed by atoms with Crippen molar-refractivity contribution < 1.29 is 5.11 Å². The molecule has 0 bridgehead atoms. The zero-order valence-corrected chi connectivity index (χ0v) is 9.14. The van der Waals surface area contributed by atoms with E-state index in [4.69, 9.17) is 5.11 Å². The summed E-state index contributed by atoms with van der Waals surface area (Å²) in [5, 5.41) is 12.4. The van der Waals surface area contributed by atoms with Crippen molar-refractivity contribution in [1.29, 1.82) is 0 Å². The van der Waals surface area contributed by atoms with Gasteiger partial charge in [0.2, 0.25) is 0 Å². The van der Waals surface area contributed by atoms with Gasteiger partial charge < -0.3 is 10.4 Å². The normalized spacial score (nSPS) is 10.1. The van der Waals surface area contributed by atoms with Crippen LogP contribution >= 0.6 is 0 Å². The van der Waals surface area contributed by atoms with Crippen molar-refractivity contribution in [3.63, 3.8) is 0 Å². The van der Waals surface area contributed by atoms with Gasteiger partial charge in [0.25, 0.3) is 0 Å². The fourth-order valence-corrected chi connectivity index (χ4v) is 1.37. The zero-order chi connectivity index (χ0) is 11.4. The molecule has 2 rings (SSSR count). The molecule has 0 aliphatic carbocycles. The van der Waals surface area contributed by atoms with Gasteiger partial charge in [-0.15, -0.1) is 0 Å². The Hall–Kier alpha value is -2.03. The first-order valence-electron chi connectivity index (χ1n) is 5.18. The maximum absolute atomic E-state index is 9.13. The van der Waals surface area contributed by atoms with Gasteiger partial charge in [-0.05, 0) is 42.8 Å². The molecule has 0 spiro atoms. The lowest BCUT2D eigenvalue weighted by Gasteiger charge is -2.06. The lowest BCUT2D eigenvalue weighted by atomic mass is 10.2. The van der Waals surface area contributed by atoms with Crippen molar-refractivity contribution in [2.75, 3.05) is 5.32 Å². The van der Waals surface area contributed by atoms with Gasteiger partial charge in [0.1, 0.15) is 5.75 Å². The van der Waals surface area contributed by atoms with Crippen LogP contribution in [0.25, 0.3) is 0 Å². The van der Waals surface area contributed by atoms with Gasteiger partial charge >= 0.3 is 0 Å². The van der Waals surface area contributed by atoms with E-state index in [1.54, 1.807) is 12.1 Å². The molecule has 0 fully saturated rings. The molecule has 3 heteroatoms. The van der Waals surface area contributed by atoms with Gasteiger partial charge in [0.15, 0.2) is 0 Å². The first-order chi connectivity index (χ1) is 7.74. The zero-order valence-electron chi connectivity index (χ0n) is 9.14. The van der Waals surface area contributed by atoms with Gasteiger partial charge in [-0.25, -0.2) is 0 Å². The maximum Gasteiger partial charge on any atom is 0.115 e. The number of anilines is 1. The van der Waals surface area contributed by atoms with E-state index < -0.39 is 0 Å². The Morgan fingerprint density at radius 2 is 1.88 bits per heavy atom. The molecule has 16 heavy (non-hydrogen) atoms. The fourth-order valence-electron chi connectivity index (χ4n) is 1.37. The third-order valence-corrected chi connectivity index (χ3v) is 2.31. The van der Waals surface area contributed by atoms with Gasteiger partial charge in [-0.1, -0.05) is 6.07 Å². The predicted octanol–water partition coefficient (Wildman–Crippen LogP) is 2.71. The standard InChI is InChI=1S/C13H14N2O/c1-10-2-3-12(14-8-10)9-15-11-4-6-13(16)7-5-11/h2-8,15-16H,9H2,1H3. The number of phenolic OH excluding ortho intramolecular Hbond substituents is 1. The number of benzene rings is 1. The summed E-state index contributed by atoms with van der Waals surface area (Å²) in [6, 6.07) is 11.0. The highest BCUT2D eigenvalue weighted by molar-refractivity contribution is 5.46. The second kappa shape index (κ2) is 4.66. The summed E-state index contributed by atoms with van der Waals surface area (Å²) in [5.74, 6) is 0.277. The van der Waals surface area contributed by atoms with Crippen LogP contribution in [-0.2, 0) is 6.54 Å². The smallest absolute Gasteiger partial charge is 0.115 e. The van der Waals surface area contributed by atoms with E-state index in [0.29, 0.717) is 6.54 Å². The number of aryl methyl sites for hydroxylation is 1. The van der Waals surface area contributed by atoms with Crippen molar-refractivity contribution in [3.8, 4) is 5.75 Å². The van der Waals surface area contributed by atoms with Crippen molar-refractivity contribution in [1.82, 2.24) is 4.98 Å². The highest BCUT2D eigenvalue weighted by atomic mass is 16.3. The highest BCUT2D eigenvalue weighted by Crippen LogP contribution is 2.14. The average Bonchev–Trinajstić information content (AvgIpc) is 2.30. The molecule has 0 aliphatic rings. The Morgan fingerprint density at radius 1 is 1.12 bits per heavy atom. The van der Waals surface area contributed by atoms with E-state index in [0.717, 1.165) is 16.9 Å². The number of phenols is 1. The monoisotopic (exact) mass is 214 g/mol. The Bertz CT molecular complexity index is 403. The Morgan fingerprint density at radius 3 is 2.50 bits per heavy atom. The molecule has 0 saturated carbocycles. The minimum atomic E-state index is 0.277. The molecule has 0 amide bonds. The molecule has 0 aliphatic heterocycles. The van der Waals surface area contributed by atoms with Crippen LogP contribution in [0.5, 0.6) is 5.75 Å². The van der Waals surface area contributed by atoms with Crippen LogP contribution < -0.4 is 5.32 Å². The summed E-state index contributed by atoms with van der Waals surface area (Å²) in [6.07, 6.45) is 1.85. The third-order valence-electron chi connectivity index (χ3n) is 2.31. The quantitative estimate of drug-likeness (QED) is 0.772. The van der Waals surface area contributed by atoms with Crippen LogP contribution in [0.2, 0.25) is 0 Å². The number of aromatic hydroxyl groups is 1. The van der Waals surface area contributed by atoms with Gasteiger partial charge in [-0.3, -0.25) is 4.98 Å². The molecule has 1 heterocycles. The molecule has 0 unspecified atom stereocenters. The minimum Gasteiger partial charge on any atom is -0.508 e. The molecular formula is C13H14N2O. The van der Waals surface area contributed by atoms with Gasteiger partial charge in [0.05, 0.1) is 12.2 Å². The summed E-state index contributed by atoms with van der Waals surface area (Å²) in [5.41, 5.74) is 3.13. The van der Waals surface area contributed by atoms with Crippen molar-refractivity contribution in [3.05, 3.63) is 53.9 Å². The van der Waals surface area contributed by atoms with Gasteiger partial charge in [-0.2, -0.15) is 0 Å². The van der Waals surface area contributed by atoms with Crippen molar-refractivity contribution >= 4 is 5.69 Å². The molecule has 1 aromatic carbocycles. The summed E-state index contributed by atoms with van der Waals surface area (Å²) in [4.78, 5) is 4.30. The Labute approximate surface area is 94.8 Å². The number of hydrogen-bond acceptors (Lipinski definition) is 3. The Kier molecular flexibility index (Phi) is 3.05. The molecule has 2 N–H and O–H groups in total. The first kappa shape index (κ1) is 10.5. The number of nitrogens with one attached hydrogen (secondary N) is 1. The molecule has 2 aromatic rings. The second-order valence-corrected chi connectivity index (χ2v) is 3.73. The second-order valence-electron chi connectivity index (χ2n) is 3.73. The lowest BCUT2D eigenvalue weighted by Crippen LogP contribution is -2.01. The molecule has 82 valence electrons. The van der Waals surface area contributed by atoms with E-state index in [1.807, 2.05) is 37.4 Å². The molecule has 0 radical (unpaired) electrons. The van der Waals surface area contributed by atoms with Crippen LogP contribution in [0.1, 0.15) is 11.3 Å². The number of hydrogen-bond donors (Lipinski definition) is 2. The first-order valence-corrected chi connectivity index (χ1v) is 5.18. The summed E-state index contributed by atoms with van der Waals surface area (Å²) < 4.78 is 0. The molecule has 0 saturated heterocycles. The fraction of sp³-hybridized carbons (Fsp3) is 0.154. The Balaban J connectivity index is 1.97. The van der Waals surface area contributed by atoms with Crippen LogP contribution in [0.15, 0.2) is 42.6 Å². The summed E-state index contributed by atoms with van der Waals surface area (Å²) in [6.45, 7) is 2.70. The van der Waals surface area contributed by atoms with E-state index >= 15 is 0 Å². The van der Waals surface area contributed by atoms with Gasteiger partial charge in [0, 0.05) is 11.9 Å². The van der Waals surface area contributed by atoms with Crippen molar-refractivity contribution in [2.45, 2.75) is 13.5 Å². The maximum atomic E-state index is 9.13. The van der Waals surface area contributed by atoms with E-state index in [1.165, 1.54) is 0 Å². The van der Waals surface area contributed by atoms with Crippen molar-refractivity contribution in [2.24, 2.45) is 0 Å². The minimum absolute atomic E-state index is 0.277. The third kappa shape index (κ3) is 2.73. The molecule has 3 nitrogen and oxygen atoms in total. The number of pyridine rings is 1. The van der Waals surface area contributed by atoms with Crippen LogP contribution in [0.4, 0.5) is 5.69 Å². The lowest BCUT2D eigenvalue weighted by molar-refractivity contribution is 0.475. The molecule has 1 aromatic heterocycles. The average molecular weight is 214 g/mol. The summed E-state index contributed by atoms with van der Waals surface area (Å²) in [7, 11) is 0. The SMILES string of the molecule is Cc1ccc(CNc2ccc(O)cc2)nc1. The van der Waals surface area contributed by atoms with Crippen LogP contribution in [0.3, 0.4) is 0 Å². The number of rotatable bonds is 3. The predicted molar refractivity (Wildman–Crippen MR) is 64.4 cm³/mol. The highest BCUT2D eigenvalue weighted by Gasteiger charge is 1.95. The van der Waals surface area contributed by atoms with Crippen LogP contribution in [0, 0.1) is 6.92 Å². The molecule has 0 atom stereocenters. The molecular weight excluding hydrogens is 200 g/mol. The summed E-state index contributed by atoms with van der Waals surface area (Å²) >= 11 is 0. The topological polar surface area (TPSA) is 45.1 Å². The van der Waals surface area contributed by atoms with E-state index in [9.17, 15) is 0 Å². The van der Waals surface area contributed by atoms with E-state index in [-0.39, 0.29) is 5.75 Å². The van der Waals surface area contributed by atoms with E-state index in [2.05, 4.69) is 10.3 Å². The largest absolute Gasteiger partial charge is 0.508 e. The number of aromatic nitrogens is 1. The number of nitrogens with zero attached hydrogens (tertiary/aromatic N) is 1.